The molecule has 1 aliphatic rings. The highest BCUT2D eigenvalue weighted by atomic mass is 19.2. The second-order valence-electron chi connectivity index (χ2n) is 6.35. The number of hydrogen-bond acceptors (Lipinski definition) is 4. The number of carboxylic acid groups (broad SMARTS) is 1. The summed E-state index contributed by atoms with van der Waals surface area (Å²) in [6.07, 6.45) is 0. The molecule has 0 saturated carbocycles. The van der Waals surface area contributed by atoms with Gasteiger partial charge in [-0.1, -0.05) is 12.1 Å². The Kier molecular flexibility index (Phi) is 4.38. The third-order valence-corrected chi connectivity index (χ3v) is 4.53. The number of carboxylic acids is 1. The molecule has 1 aliphatic heterocycles. The summed E-state index contributed by atoms with van der Waals surface area (Å²) < 4.78 is 32.6. The first kappa shape index (κ1) is 18.4. The molecule has 29 heavy (non-hydrogen) atoms. The topological polar surface area (TPSA) is 87.7 Å². The highest BCUT2D eigenvalue weighted by Crippen LogP contribution is 2.45. The molecular formula is C21H14F2N2O4. The maximum Gasteiger partial charge on any atom is 0.337 e. The van der Waals surface area contributed by atoms with Gasteiger partial charge in [0.25, 0.3) is 5.91 Å². The number of carbonyl (C=O) groups excluding carboxylic acids is 1. The Hall–Kier alpha value is -3.94. The molecule has 0 bridgehead atoms. The largest absolute Gasteiger partial charge is 0.478 e. The number of anilines is 2. The van der Waals surface area contributed by atoms with Gasteiger partial charge >= 0.3 is 5.97 Å². The monoisotopic (exact) mass is 396 g/mol. The minimum Gasteiger partial charge on any atom is -0.478 e. The van der Waals surface area contributed by atoms with Crippen LogP contribution in [0.1, 0.15) is 20.7 Å². The van der Waals surface area contributed by atoms with Crippen molar-refractivity contribution in [3.63, 3.8) is 0 Å². The van der Waals surface area contributed by atoms with Crippen molar-refractivity contribution in [2.24, 2.45) is 0 Å². The van der Waals surface area contributed by atoms with Crippen LogP contribution < -0.4 is 15.4 Å². The SMILES string of the molecule is CNC(=O)c1cc2c(c(C(=O)O)c1)Nc1cc(-c3ccc(F)c(F)c3)ccc1O2. The molecule has 8 heteroatoms. The third-order valence-electron chi connectivity index (χ3n) is 4.53. The number of ether oxygens (including phenoxy) is 1. The van der Waals surface area contributed by atoms with E-state index in [1.165, 1.54) is 25.2 Å². The van der Waals surface area contributed by atoms with Gasteiger partial charge in [-0.3, -0.25) is 4.79 Å². The molecule has 0 saturated heterocycles. The van der Waals surface area contributed by atoms with Gasteiger partial charge in [0.2, 0.25) is 0 Å². The summed E-state index contributed by atoms with van der Waals surface area (Å²) in [7, 11) is 1.44. The zero-order chi connectivity index (χ0) is 20.7. The van der Waals surface area contributed by atoms with Gasteiger partial charge in [0.05, 0.1) is 16.9 Å². The minimum absolute atomic E-state index is 0.134. The van der Waals surface area contributed by atoms with Gasteiger partial charge in [0, 0.05) is 12.6 Å². The zero-order valence-electron chi connectivity index (χ0n) is 15.0. The molecule has 0 unspecified atom stereocenters. The van der Waals surface area contributed by atoms with E-state index in [0.29, 0.717) is 22.6 Å². The third kappa shape index (κ3) is 3.25. The van der Waals surface area contributed by atoms with E-state index in [4.69, 9.17) is 4.74 Å². The molecule has 0 aliphatic carbocycles. The van der Waals surface area contributed by atoms with Crippen molar-refractivity contribution in [2.45, 2.75) is 0 Å². The Balaban J connectivity index is 1.78. The van der Waals surface area contributed by atoms with Crippen LogP contribution in [-0.2, 0) is 0 Å². The maximum absolute atomic E-state index is 13.6. The van der Waals surface area contributed by atoms with Crippen molar-refractivity contribution in [3.05, 3.63) is 71.3 Å². The zero-order valence-corrected chi connectivity index (χ0v) is 15.0. The molecule has 4 rings (SSSR count). The van der Waals surface area contributed by atoms with Gasteiger partial charge < -0.3 is 20.5 Å². The lowest BCUT2D eigenvalue weighted by atomic mass is 10.0. The Morgan fingerprint density at radius 3 is 2.38 bits per heavy atom. The van der Waals surface area contributed by atoms with Gasteiger partial charge in [-0.05, 0) is 47.5 Å². The first-order valence-electron chi connectivity index (χ1n) is 8.55. The van der Waals surface area contributed by atoms with E-state index in [1.54, 1.807) is 18.2 Å². The second-order valence-corrected chi connectivity index (χ2v) is 6.35. The first-order chi connectivity index (χ1) is 13.9. The van der Waals surface area contributed by atoms with Crippen LogP contribution in [0.5, 0.6) is 11.5 Å². The van der Waals surface area contributed by atoms with Crippen molar-refractivity contribution < 1.29 is 28.2 Å². The van der Waals surface area contributed by atoms with Crippen LogP contribution in [0.4, 0.5) is 20.2 Å². The Bertz CT molecular complexity index is 1180. The number of hydrogen-bond donors (Lipinski definition) is 3. The fraction of sp³-hybridized carbons (Fsp3) is 0.0476. The Labute approximate surface area is 163 Å². The summed E-state index contributed by atoms with van der Waals surface area (Å²) in [5.74, 6) is -3.00. The molecule has 1 heterocycles. The van der Waals surface area contributed by atoms with Crippen LogP contribution in [0.3, 0.4) is 0 Å². The van der Waals surface area contributed by atoms with Gasteiger partial charge in [0.1, 0.15) is 0 Å². The predicted molar refractivity (Wildman–Crippen MR) is 102 cm³/mol. The molecule has 1 amide bonds. The number of halogens is 2. The number of benzene rings is 3. The molecule has 0 fully saturated rings. The average molecular weight is 396 g/mol. The minimum atomic E-state index is -1.23. The van der Waals surface area contributed by atoms with Crippen LogP contribution in [0.15, 0.2) is 48.5 Å². The highest BCUT2D eigenvalue weighted by molar-refractivity contribution is 6.03. The Morgan fingerprint density at radius 2 is 1.69 bits per heavy atom. The van der Waals surface area contributed by atoms with E-state index in [0.717, 1.165) is 12.1 Å². The molecule has 6 nitrogen and oxygen atoms in total. The fourth-order valence-electron chi connectivity index (χ4n) is 3.09. The summed E-state index contributed by atoms with van der Waals surface area (Å²) in [5.41, 5.74) is 1.70. The smallest absolute Gasteiger partial charge is 0.337 e. The molecule has 0 radical (unpaired) electrons. The van der Waals surface area contributed by atoms with Gasteiger partial charge in [-0.2, -0.15) is 0 Å². The molecule has 0 spiro atoms. The molecule has 3 aromatic carbocycles. The van der Waals surface area contributed by atoms with E-state index in [-0.39, 0.29) is 22.6 Å². The van der Waals surface area contributed by atoms with E-state index in [9.17, 15) is 23.5 Å². The lowest BCUT2D eigenvalue weighted by molar-refractivity contribution is 0.0697. The highest BCUT2D eigenvalue weighted by Gasteiger charge is 2.25. The predicted octanol–water partition coefficient (Wildman–Crippen LogP) is 4.54. The van der Waals surface area contributed by atoms with Crippen LogP contribution in [0.2, 0.25) is 0 Å². The summed E-state index contributed by atoms with van der Waals surface area (Å²) in [6, 6.07) is 11.2. The lowest BCUT2D eigenvalue weighted by Crippen LogP contribution is -2.19. The van der Waals surface area contributed by atoms with Crippen LogP contribution in [-0.4, -0.2) is 24.0 Å². The lowest BCUT2D eigenvalue weighted by Gasteiger charge is -2.24. The molecular weight excluding hydrogens is 382 g/mol. The van der Waals surface area contributed by atoms with E-state index < -0.39 is 23.5 Å². The molecule has 146 valence electrons. The summed E-state index contributed by atoms with van der Waals surface area (Å²) >= 11 is 0. The fourth-order valence-corrected chi connectivity index (χ4v) is 3.09. The molecule has 3 N–H and O–H groups in total. The van der Waals surface area contributed by atoms with Gasteiger partial charge in [-0.25, -0.2) is 13.6 Å². The molecule has 3 aromatic rings. The van der Waals surface area contributed by atoms with Crippen molar-refractivity contribution in [3.8, 4) is 22.6 Å². The molecule has 0 atom stereocenters. The van der Waals surface area contributed by atoms with E-state index in [1.807, 2.05) is 0 Å². The van der Waals surface area contributed by atoms with Gasteiger partial charge in [0.15, 0.2) is 23.1 Å². The number of amides is 1. The number of carbonyl (C=O) groups is 2. The summed E-state index contributed by atoms with van der Waals surface area (Å²) in [5, 5.41) is 15.0. The van der Waals surface area contributed by atoms with Crippen molar-refractivity contribution in [1.82, 2.24) is 5.32 Å². The van der Waals surface area contributed by atoms with Crippen molar-refractivity contribution in [1.29, 1.82) is 0 Å². The quantitative estimate of drug-likeness (QED) is 0.473. The second kappa shape index (κ2) is 6.90. The number of fused-ring (bicyclic) bond motifs is 2. The number of nitrogens with one attached hydrogen (secondary N) is 2. The standard InChI is InChI=1S/C21H14F2N2O4/c1-24-20(26)12-6-13(21(27)28)19-18(9-12)29-17-5-3-11(8-16(17)25-19)10-2-4-14(22)15(23)7-10/h2-9,25H,1H3,(H,24,26)(H,27,28). The van der Waals surface area contributed by atoms with Crippen LogP contribution >= 0.6 is 0 Å². The number of aromatic carboxylic acids is 1. The van der Waals surface area contributed by atoms with Gasteiger partial charge in [-0.15, -0.1) is 0 Å². The first-order valence-corrected chi connectivity index (χ1v) is 8.55. The van der Waals surface area contributed by atoms with Crippen molar-refractivity contribution in [2.75, 3.05) is 12.4 Å². The van der Waals surface area contributed by atoms with Crippen LogP contribution in [0.25, 0.3) is 11.1 Å². The Morgan fingerprint density at radius 1 is 0.966 bits per heavy atom. The average Bonchev–Trinajstić information content (AvgIpc) is 2.72. The van der Waals surface area contributed by atoms with Crippen molar-refractivity contribution >= 4 is 23.3 Å². The van der Waals surface area contributed by atoms with E-state index >= 15 is 0 Å². The number of rotatable bonds is 3. The van der Waals surface area contributed by atoms with Crippen LogP contribution in [0, 0.1) is 11.6 Å². The molecule has 0 aromatic heterocycles. The summed E-state index contributed by atoms with van der Waals surface area (Å²) in [6.45, 7) is 0. The maximum atomic E-state index is 13.6. The normalized spacial score (nSPS) is 11.6. The van der Waals surface area contributed by atoms with E-state index in [2.05, 4.69) is 10.6 Å². The summed E-state index contributed by atoms with van der Waals surface area (Å²) in [4.78, 5) is 23.6.